The van der Waals surface area contributed by atoms with E-state index in [4.69, 9.17) is 5.26 Å². The van der Waals surface area contributed by atoms with Gasteiger partial charge in [0.2, 0.25) is 0 Å². The summed E-state index contributed by atoms with van der Waals surface area (Å²) in [7, 11) is 0. The molecule has 0 saturated heterocycles. The first-order chi connectivity index (χ1) is 6.22. The highest BCUT2D eigenvalue weighted by Gasteiger charge is 1.97. The van der Waals surface area contributed by atoms with E-state index in [0.717, 1.165) is 6.54 Å². The predicted molar refractivity (Wildman–Crippen MR) is 53.1 cm³/mol. The van der Waals surface area contributed by atoms with Crippen molar-refractivity contribution in [2.75, 3.05) is 0 Å². The predicted octanol–water partition coefficient (Wildman–Crippen LogP) is 2.00. The van der Waals surface area contributed by atoms with Crippen molar-refractivity contribution in [1.82, 2.24) is 5.32 Å². The Kier molecular flexibility index (Phi) is 3.48. The normalized spacial score (nSPS) is 12.1. The topological polar surface area (TPSA) is 35.8 Å². The summed E-state index contributed by atoms with van der Waals surface area (Å²) in [6, 6.07) is 10.4. The molecule has 0 aliphatic rings. The summed E-state index contributed by atoms with van der Waals surface area (Å²) in [4.78, 5) is 0. The second-order valence-corrected chi connectivity index (χ2v) is 3.22. The molecule has 1 atom stereocenters. The lowest BCUT2D eigenvalue weighted by molar-refractivity contribution is 0.642. The Balaban J connectivity index is 2.47. The average Bonchev–Trinajstić information content (AvgIpc) is 2.16. The Morgan fingerprint density at radius 3 is 2.54 bits per heavy atom. The number of rotatable bonds is 3. The van der Waals surface area contributed by atoms with Gasteiger partial charge in [-0.2, -0.15) is 5.26 Å². The molecule has 0 aromatic heterocycles. The van der Waals surface area contributed by atoms with E-state index < -0.39 is 0 Å². The molecule has 0 heterocycles. The lowest BCUT2D eigenvalue weighted by atomic mass is 10.1. The molecule has 0 fully saturated rings. The maximum atomic E-state index is 8.54. The van der Waals surface area contributed by atoms with Crippen molar-refractivity contribution in [3.05, 3.63) is 35.4 Å². The van der Waals surface area contributed by atoms with Crippen LogP contribution in [0.3, 0.4) is 0 Å². The number of hydrogen-bond donors (Lipinski definition) is 1. The summed E-state index contributed by atoms with van der Waals surface area (Å²) in [5, 5.41) is 11.7. The van der Waals surface area contributed by atoms with Crippen LogP contribution < -0.4 is 5.32 Å². The number of nitrogens with zero attached hydrogens (tertiary/aromatic N) is 1. The first-order valence-corrected chi connectivity index (χ1v) is 4.41. The van der Waals surface area contributed by atoms with Crippen LogP contribution in [0.5, 0.6) is 0 Å². The molecule has 1 rings (SSSR count). The van der Waals surface area contributed by atoms with Gasteiger partial charge in [0.1, 0.15) is 0 Å². The summed E-state index contributed by atoms with van der Waals surface area (Å²) in [5.74, 6) is 0. The summed E-state index contributed by atoms with van der Waals surface area (Å²) in [6.07, 6.45) is 0. The van der Waals surface area contributed by atoms with Gasteiger partial charge in [0.05, 0.1) is 12.1 Å². The first kappa shape index (κ1) is 9.76. The van der Waals surface area contributed by atoms with Gasteiger partial charge in [0.25, 0.3) is 0 Å². The van der Waals surface area contributed by atoms with Gasteiger partial charge in [-0.3, -0.25) is 5.32 Å². The van der Waals surface area contributed by atoms with Gasteiger partial charge in [-0.25, -0.2) is 0 Å². The zero-order valence-electron chi connectivity index (χ0n) is 8.04. The molecule has 0 saturated carbocycles. The van der Waals surface area contributed by atoms with Crippen LogP contribution in [0.25, 0.3) is 0 Å². The number of benzene rings is 1. The van der Waals surface area contributed by atoms with Gasteiger partial charge in [0.15, 0.2) is 0 Å². The lowest BCUT2D eigenvalue weighted by Crippen LogP contribution is -2.23. The van der Waals surface area contributed by atoms with E-state index in [1.165, 1.54) is 11.1 Å². The molecule has 2 nitrogen and oxygen atoms in total. The monoisotopic (exact) mass is 174 g/mol. The van der Waals surface area contributed by atoms with E-state index in [1.807, 2.05) is 6.92 Å². The second-order valence-electron chi connectivity index (χ2n) is 3.22. The average molecular weight is 174 g/mol. The van der Waals surface area contributed by atoms with Gasteiger partial charge in [-0.15, -0.1) is 0 Å². The number of aryl methyl sites for hydroxylation is 1. The van der Waals surface area contributed by atoms with Crippen LogP contribution in [-0.2, 0) is 6.54 Å². The van der Waals surface area contributed by atoms with Crippen molar-refractivity contribution in [3.8, 4) is 6.07 Å². The van der Waals surface area contributed by atoms with Crippen LogP contribution in [0.4, 0.5) is 0 Å². The van der Waals surface area contributed by atoms with E-state index in [0.29, 0.717) is 0 Å². The highest BCUT2D eigenvalue weighted by atomic mass is 14.9. The zero-order chi connectivity index (χ0) is 9.68. The summed E-state index contributed by atoms with van der Waals surface area (Å²) >= 11 is 0. The molecule has 1 aromatic rings. The summed E-state index contributed by atoms with van der Waals surface area (Å²) < 4.78 is 0. The van der Waals surface area contributed by atoms with Crippen LogP contribution in [0.2, 0.25) is 0 Å². The fourth-order valence-corrected chi connectivity index (χ4v) is 1.02. The van der Waals surface area contributed by atoms with Crippen molar-refractivity contribution in [2.24, 2.45) is 0 Å². The third-order valence-electron chi connectivity index (χ3n) is 1.93. The van der Waals surface area contributed by atoms with Crippen molar-refractivity contribution < 1.29 is 0 Å². The zero-order valence-corrected chi connectivity index (χ0v) is 8.04. The highest BCUT2D eigenvalue weighted by molar-refractivity contribution is 5.21. The van der Waals surface area contributed by atoms with E-state index >= 15 is 0 Å². The fourth-order valence-electron chi connectivity index (χ4n) is 1.02. The Bertz CT molecular complexity index is 295. The smallest absolute Gasteiger partial charge is 0.0927 e. The van der Waals surface area contributed by atoms with Crippen molar-refractivity contribution >= 4 is 0 Å². The van der Waals surface area contributed by atoms with Crippen molar-refractivity contribution in [2.45, 2.75) is 26.4 Å². The van der Waals surface area contributed by atoms with Gasteiger partial charge in [-0.1, -0.05) is 29.8 Å². The molecule has 0 bridgehead atoms. The molecular weight excluding hydrogens is 160 g/mol. The number of nitriles is 1. The van der Waals surface area contributed by atoms with Gasteiger partial charge in [0, 0.05) is 6.54 Å². The van der Waals surface area contributed by atoms with Crippen LogP contribution in [-0.4, -0.2) is 6.04 Å². The van der Waals surface area contributed by atoms with Gasteiger partial charge in [-0.05, 0) is 19.4 Å². The second kappa shape index (κ2) is 4.64. The number of nitrogens with one attached hydrogen (secondary N) is 1. The Labute approximate surface area is 79.2 Å². The van der Waals surface area contributed by atoms with Crippen LogP contribution in [0.15, 0.2) is 24.3 Å². The fraction of sp³-hybridized carbons (Fsp3) is 0.364. The molecule has 0 amide bonds. The lowest BCUT2D eigenvalue weighted by Gasteiger charge is -2.05. The molecule has 0 radical (unpaired) electrons. The molecule has 0 spiro atoms. The summed E-state index contributed by atoms with van der Waals surface area (Å²) in [6.45, 7) is 4.68. The highest BCUT2D eigenvalue weighted by Crippen LogP contribution is 2.02. The third kappa shape index (κ3) is 3.27. The van der Waals surface area contributed by atoms with Crippen molar-refractivity contribution in [3.63, 3.8) is 0 Å². The minimum absolute atomic E-state index is 0.0821. The Hall–Kier alpha value is -1.33. The van der Waals surface area contributed by atoms with Crippen LogP contribution in [0.1, 0.15) is 18.1 Å². The Morgan fingerprint density at radius 2 is 2.00 bits per heavy atom. The summed E-state index contributed by atoms with van der Waals surface area (Å²) in [5.41, 5.74) is 2.48. The Morgan fingerprint density at radius 1 is 1.38 bits per heavy atom. The first-order valence-electron chi connectivity index (χ1n) is 4.41. The minimum atomic E-state index is -0.0821. The largest absolute Gasteiger partial charge is 0.298 e. The molecular formula is C11H14N2. The number of hydrogen-bond acceptors (Lipinski definition) is 2. The van der Waals surface area contributed by atoms with E-state index in [-0.39, 0.29) is 6.04 Å². The quantitative estimate of drug-likeness (QED) is 0.760. The van der Waals surface area contributed by atoms with Gasteiger partial charge >= 0.3 is 0 Å². The SMILES string of the molecule is Cc1ccc(CNC(C)C#N)cc1. The third-order valence-corrected chi connectivity index (χ3v) is 1.93. The molecule has 2 heteroatoms. The molecule has 1 N–H and O–H groups in total. The molecule has 1 unspecified atom stereocenters. The van der Waals surface area contributed by atoms with Crippen LogP contribution in [0, 0.1) is 18.3 Å². The van der Waals surface area contributed by atoms with Crippen molar-refractivity contribution in [1.29, 1.82) is 5.26 Å². The minimum Gasteiger partial charge on any atom is -0.298 e. The van der Waals surface area contributed by atoms with Crippen LogP contribution >= 0.6 is 0 Å². The molecule has 13 heavy (non-hydrogen) atoms. The van der Waals surface area contributed by atoms with E-state index in [1.54, 1.807) is 0 Å². The molecule has 0 aliphatic carbocycles. The molecule has 68 valence electrons. The molecule has 0 aliphatic heterocycles. The maximum absolute atomic E-state index is 8.54. The van der Waals surface area contributed by atoms with Gasteiger partial charge < -0.3 is 0 Å². The molecule has 1 aromatic carbocycles. The maximum Gasteiger partial charge on any atom is 0.0927 e. The van der Waals surface area contributed by atoms with E-state index in [9.17, 15) is 0 Å². The van der Waals surface area contributed by atoms with E-state index in [2.05, 4.69) is 42.6 Å². The standard InChI is InChI=1S/C11H14N2/c1-9-3-5-11(6-4-9)8-13-10(2)7-12/h3-6,10,13H,8H2,1-2H3.